The number of pyridine rings is 1. The average Bonchev–Trinajstić information content (AvgIpc) is 3.02. The lowest BCUT2D eigenvalue weighted by atomic mass is 9.88. The number of hydrogen-bond acceptors (Lipinski definition) is 8. The maximum atomic E-state index is 12.7. The van der Waals surface area contributed by atoms with Crippen LogP contribution in [0.15, 0.2) is 47.3 Å². The van der Waals surface area contributed by atoms with Crippen molar-refractivity contribution in [1.82, 2.24) is 15.2 Å². The topological polar surface area (TPSA) is 99.3 Å². The van der Waals surface area contributed by atoms with E-state index < -0.39 is 6.23 Å². The van der Waals surface area contributed by atoms with Crippen LogP contribution in [-0.4, -0.2) is 75.1 Å². The molecule has 0 aliphatic heterocycles. The first-order valence-corrected chi connectivity index (χ1v) is 15.6. The summed E-state index contributed by atoms with van der Waals surface area (Å²) < 4.78 is 16.4. The van der Waals surface area contributed by atoms with E-state index in [0.29, 0.717) is 36.6 Å². The quantitative estimate of drug-likeness (QED) is 0.171. The summed E-state index contributed by atoms with van der Waals surface area (Å²) in [6.45, 7) is 8.14. The van der Waals surface area contributed by atoms with E-state index in [4.69, 9.17) is 14.2 Å². The largest absolute Gasteiger partial charge is 0.496 e. The second-order valence-corrected chi connectivity index (χ2v) is 11.9. The third-order valence-corrected chi connectivity index (χ3v) is 8.87. The molecule has 1 atom stereocenters. The molecule has 1 aliphatic carbocycles. The van der Waals surface area contributed by atoms with Gasteiger partial charge in [-0.15, -0.1) is 0 Å². The van der Waals surface area contributed by atoms with Gasteiger partial charge in [-0.2, -0.15) is 0 Å². The molecule has 3 N–H and O–H groups in total. The van der Waals surface area contributed by atoms with Crippen molar-refractivity contribution >= 4 is 5.69 Å². The number of anilines is 1. The predicted molar refractivity (Wildman–Crippen MR) is 177 cm³/mol. The van der Waals surface area contributed by atoms with Crippen molar-refractivity contribution in [1.29, 1.82) is 0 Å². The highest BCUT2D eigenvalue weighted by Gasteiger charge is 2.28. The van der Waals surface area contributed by atoms with E-state index in [2.05, 4.69) is 66.2 Å². The number of rotatable bonds is 14. The van der Waals surface area contributed by atoms with E-state index in [9.17, 15) is 9.90 Å². The van der Waals surface area contributed by atoms with Gasteiger partial charge in [0.15, 0.2) is 0 Å². The van der Waals surface area contributed by atoms with Crippen LogP contribution in [0, 0.1) is 13.8 Å². The Morgan fingerprint density at radius 3 is 2.27 bits per heavy atom. The molecule has 4 rings (SSSR count). The third kappa shape index (κ3) is 8.01. The fourth-order valence-electron chi connectivity index (χ4n) is 6.31. The van der Waals surface area contributed by atoms with Crippen LogP contribution < -0.4 is 25.2 Å². The predicted octanol–water partition coefficient (Wildman–Crippen LogP) is 5.17. The SMILES string of the molecule is CCN(c1cc(-c2ccc(OCCOC)cc2)cc(C(O)NCc2c(OC)cc(C)[nH]c2=O)c1C)C1CCC(N(C)C)CC1. The second kappa shape index (κ2) is 15.6. The molecule has 240 valence electrons. The molecule has 1 aromatic heterocycles. The number of aromatic amines is 1. The van der Waals surface area contributed by atoms with E-state index in [0.717, 1.165) is 58.8 Å². The van der Waals surface area contributed by atoms with Gasteiger partial charge in [-0.25, -0.2) is 0 Å². The maximum absolute atomic E-state index is 12.7. The number of benzene rings is 2. The van der Waals surface area contributed by atoms with E-state index >= 15 is 0 Å². The molecule has 1 unspecified atom stereocenters. The zero-order valence-electron chi connectivity index (χ0n) is 27.4. The van der Waals surface area contributed by atoms with Crippen molar-refractivity contribution in [2.24, 2.45) is 0 Å². The summed E-state index contributed by atoms with van der Waals surface area (Å²) in [5.41, 5.74) is 5.91. The fourth-order valence-corrected chi connectivity index (χ4v) is 6.31. The van der Waals surface area contributed by atoms with Crippen molar-refractivity contribution in [2.75, 3.05) is 53.0 Å². The first-order chi connectivity index (χ1) is 21.2. The summed E-state index contributed by atoms with van der Waals surface area (Å²) in [4.78, 5) is 20.4. The highest BCUT2D eigenvalue weighted by molar-refractivity contribution is 5.73. The lowest BCUT2D eigenvalue weighted by Gasteiger charge is -2.40. The number of nitrogens with zero attached hydrogens (tertiary/aromatic N) is 2. The second-order valence-electron chi connectivity index (χ2n) is 11.9. The van der Waals surface area contributed by atoms with Gasteiger partial charge in [0.05, 0.1) is 19.3 Å². The fraction of sp³-hybridized carbons (Fsp3) is 0.514. The molecule has 3 aromatic rings. The Balaban J connectivity index is 1.68. The molecule has 0 spiro atoms. The Hall–Kier alpha value is -3.37. The number of aliphatic hydroxyl groups excluding tert-OH is 1. The maximum Gasteiger partial charge on any atom is 0.256 e. The van der Waals surface area contributed by atoms with Gasteiger partial charge in [0.25, 0.3) is 5.56 Å². The number of ether oxygens (including phenoxy) is 3. The summed E-state index contributed by atoms with van der Waals surface area (Å²) in [6.07, 6.45) is 3.59. The Morgan fingerprint density at radius 2 is 1.66 bits per heavy atom. The number of hydrogen-bond donors (Lipinski definition) is 3. The number of aromatic nitrogens is 1. The van der Waals surface area contributed by atoms with E-state index in [1.165, 1.54) is 12.8 Å². The van der Waals surface area contributed by atoms with Crippen molar-refractivity contribution in [3.63, 3.8) is 0 Å². The highest BCUT2D eigenvalue weighted by Crippen LogP contribution is 2.37. The molecular weight excluding hydrogens is 556 g/mol. The van der Waals surface area contributed by atoms with Gasteiger partial charge in [0.2, 0.25) is 0 Å². The molecular formula is C35H50N4O5. The minimum Gasteiger partial charge on any atom is -0.496 e. The Kier molecular flexibility index (Phi) is 11.9. The molecule has 2 aromatic carbocycles. The number of aryl methyl sites for hydroxylation is 1. The van der Waals surface area contributed by atoms with Gasteiger partial charge in [-0.05, 0) is 108 Å². The zero-order chi connectivity index (χ0) is 31.8. The Bertz CT molecular complexity index is 1410. The van der Waals surface area contributed by atoms with Crippen molar-refractivity contribution in [3.8, 4) is 22.6 Å². The van der Waals surface area contributed by atoms with E-state index in [1.807, 2.05) is 25.1 Å². The number of methoxy groups -OCH3 is 2. The van der Waals surface area contributed by atoms with Gasteiger partial charge in [-0.3, -0.25) is 10.1 Å². The van der Waals surface area contributed by atoms with Crippen molar-refractivity contribution < 1.29 is 19.3 Å². The Morgan fingerprint density at radius 1 is 0.977 bits per heavy atom. The molecule has 1 saturated carbocycles. The first kappa shape index (κ1) is 33.5. The molecule has 9 nitrogen and oxygen atoms in total. The summed E-state index contributed by atoms with van der Waals surface area (Å²) >= 11 is 0. The lowest BCUT2D eigenvalue weighted by Crippen LogP contribution is -2.42. The molecule has 0 saturated heterocycles. The van der Waals surface area contributed by atoms with Crippen LogP contribution in [0.4, 0.5) is 5.69 Å². The van der Waals surface area contributed by atoms with Gasteiger partial charge >= 0.3 is 0 Å². The van der Waals surface area contributed by atoms with E-state index in [-0.39, 0.29) is 12.1 Å². The molecule has 0 amide bonds. The molecule has 0 radical (unpaired) electrons. The molecule has 44 heavy (non-hydrogen) atoms. The van der Waals surface area contributed by atoms with Gasteiger partial charge < -0.3 is 34.1 Å². The number of aliphatic hydroxyl groups is 1. The van der Waals surface area contributed by atoms with Gasteiger partial charge in [0.1, 0.15) is 24.3 Å². The number of H-pyrrole nitrogens is 1. The standard InChI is InChI=1S/C35H50N4O5/c1-8-39(28-13-11-27(12-14-28)38(4)5)32-21-26(25-9-15-29(16-10-25)44-18-17-42-6)20-30(24(32)3)34(40)36-22-31-33(43-7)19-23(2)37-35(31)41/h9-10,15-16,19-21,27-28,34,36,40H,8,11-14,17-18,22H2,1-7H3,(H,37,41). The summed E-state index contributed by atoms with van der Waals surface area (Å²) in [5, 5.41) is 14.8. The normalized spacial score (nSPS) is 17.5. The summed E-state index contributed by atoms with van der Waals surface area (Å²) in [5.74, 6) is 1.28. The molecule has 1 aliphatic rings. The van der Waals surface area contributed by atoms with Crippen LogP contribution in [0.5, 0.6) is 11.5 Å². The van der Waals surface area contributed by atoms with Crippen molar-refractivity contribution in [2.45, 2.75) is 71.3 Å². The van der Waals surface area contributed by atoms with Gasteiger partial charge in [-0.1, -0.05) is 12.1 Å². The van der Waals surface area contributed by atoms with Crippen LogP contribution in [0.3, 0.4) is 0 Å². The van der Waals surface area contributed by atoms with Crippen LogP contribution in [0.2, 0.25) is 0 Å². The first-order valence-electron chi connectivity index (χ1n) is 15.6. The molecule has 1 heterocycles. The molecule has 0 bridgehead atoms. The van der Waals surface area contributed by atoms with Crippen LogP contribution in [0.25, 0.3) is 11.1 Å². The Labute approximate surface area is 262 Å². The third-order valence-electron chi connectivity index (χ3n) is 8.87. The minimum atomic E-state index is -1.00. The van der Waals surface area contributed by atoms with Crippen LogP contribution in [-0.2, 0) is 11.3 Å². The van der Waals surface area contributed by atoms with Crippen molar-refractivity contribution in [3.05, 3.63) is 75.2 Å². The smallest absolute Gasteiger partial charge is 0.256 e. The lowest BCUT2D eigenvalue weighted by molar-refractivity contribution is 0.136. The summed E-state index contributed by atoms with van der Waals surface area (Å²) in [6, 6.07) is 15.2. The zero-order valence-corrected chi connectivity index (χ0v) is 27.4. The number of nitrogens with one attached hydrogen (secondary N) is 2. The summed E-state index contributed by atoms with van der Waals surface area (Å²) in [7, 11) is 7.55. The minimum absolute atomic E-state index is 0.151. The monoisotopic (exact) mass is 606 g/mol. The molecule has 1 fully saturated rings. The highest BCUT2D eigenvalue weighted by atomic mass is 16.5. The molecule has 9 heteroatoms. The van der Waals surface area contributed by atoms with Gasteiger partial charge in [0, 0.05) is 49.2 Å². The van der Waals surface area contributed by atoms with Crippen LogP contribution >= 0.6 is 0 Å². The van der Waals surface area contributed by atoms with E-state index in [1.54, 1.807) is 20.3 Å². The average molecular weight is 607 g/mol. The van der Waals surface area contributed by atoms with Crippen LogP contribution in [0.1, 0.15) is 61.2 Å².